The summed E-state index contributed by atoms with van der Waals surface area (Å²) in [6.45, 7) is 2.54. The van der Waals surface area contributed by atoms with Gasteiger partial charge in [-0.2, -0.15) is 0 Å². The maximum atomic E-state index is 13.9. The molecule has 0 amide bonds. The van der Waals surface area contributed by atoms with Gasteiger partial charge in [0.1, 0.15) is 5.82 Å². The lowest BCUT2D eigenvalue weighted by Gasteiger charge is -2.42. The van der Waals surface area contributed by atoms with Crippen molar-refractivity contribution in [2.75, 3.05) is 26.8 Å². The fourth-order valence-corrected chi connectivity index (χ4v) is 3.02. The fraction of sp³-hybridized carbons (Fsp3) is 0.600. The van der Waals surface area contributed by atoms with E-state index in [0.29, 0.717) is 0 Å². The highest BCUT2D eigenvalue weighted by molar-refractivity contribution is 9.10. The Bertz CT molecular complexity index is 421. The molecular formula is C15H21BrFNO. The molecule has 1 aliphatic rings. The van der Waals surface area contributed by atoms with E-state index in [-0.39, 0.29) is 11.2 Å². The molecule has 0 spiro atoms. The smallest absolute Gasteiger partial charge is 0.127 e. The van der Waals surface area contributed by atoms with E-state index < -0.39 is 0 Å². The molecule has 0 saturated heterocycles. The maximum Gasteiger partial charge on any atom is 0.127 e. The van der Waals surface area contributed by atoms with Crippen LogP contribution in [0.5, 0.6) is 0 Å². The van der Waals surface area contributed by atoms with Crippen LogP contribution in [0.3, 0.4) is 0 Å². The first-order valence-electron chi connectivity index (χ1n) is 6.79. The summed E-state index contributed by atoms with van der Waals surface area (Å²) < 4.78 is 19.7. The summed E-state index contributed by atoms with van der Waals surface area (Å²) >= 11 is 3.30. The fourth-order valence-electron chi connectivity index (χ4n) is 2.69. The summed E-state index contributed by atoms with van der Waals surface area (Å²) in [6, 6.07) is 5.37. The zero-order valence-corrected chi connectivity index (χ0v) is 12.9. The molecule has 4 heteroatoms. The van der Waals surface area contributed by atoms with Crippen LogP contribution in [0.25, 0.3) is 0 Å². The van der Waals surface area contributed by atoms with Crippen molar-refractivity contribution < 1.29 is 9.13 Å². The second kappa shape index (κ2) is 6.82. The molecule has 0 radical (unpaired) electrons. The Kier molecular flexibility index (Phi) is 5.37. The average molecular weight is 330 g/mol. The van der Waals surface area contributed by atoms with Crippen LogP contribution in [-0.2, 0) is 11.2 Å². The van der Waals surface area contributed by atoms with Crippen LogP contribution in [0.4, 0.5) is 4.39 Å². The third-order valence-corrected chi connectivity index (χ3v) is 4.47. The van der Waals surface area contributed by atoms with E-state index in [1.807, 2.05) is 12.1 Å². The SMILES string of the molecule is COCCNCC1(Cc2ccc(Br)cc2F)CCC1. The topological polar surface area (TPSA) is 21.3 Å². The van der Waals surface area contributed by atoms with E-state index in [4.69, 9.17) is 4.74 Å². The van der Waals surface area contributed by atoms with Crippen molar-refractivity contribution in [3.05, 3.63) is 34.1 Å². The summed E-state index contributed by atoms with van der Waals surface area (Å²) in [6.07, 6.45) is 4.45. The minimum Gasteiger partial charge on any atom is -0.383 e. The van der Waals surface area contributed by atoms with Crippen molar-refractivity contribution >= 4 is 15.9 Å². The Morgan fingerprint density at radius 1 is 1.42 bits per heavy atom. The van der Waals surface area contributed by atoms with Crippen LogP contribution in [-0.4, -0.2) is 26.8 Å². The Morgan fingerprint density at radius 2 is 2.21 bits per heavy atom. The van der Waals surface area contributed by atoms with Crippen LogP contribution in [0.15, 0.2) is 22.7 Å². The van der Waals surface area contributed by atoms with E-state index in [1.165, 1.54) is 19.3 Å². The van der Waals surface area contributed by atoms with E-state index in [2.05, 4.69) is 21.2 Å². The van der Waals surface area contributed by atoms with Crippen molar-refractivity contribution in [3.8, 4) is 0 Å². The Labute approximate surface area is 122 Å². The average Bonchev–Trinajstić information content (AvgIpc) is 2.34. The maximum absolute atomic E-state index is 13.9. The molecule has 1 N–H and O–H groups in total. The highest BCUT2D eigenvalue weighted by Gasteiger charge is 2.37. The van der Waals surface area contributed by atoms with Crippen molar-refractivity contribution in [3.63, 3.8) is 0 Å². The van der Waals surface area contributed by atoms with Gasteiger partial charge < -0.3 is 10.1 Å². The molecule has 0 atom stereocenters. The van der Waals surface area contributed by atoms with Gasteiger partial charge in [0.05, 0.1) is 6.61 Å². The number of halogens is 2. The molecule has 1 aromatic carbocycles. The number of hydrogen-bond donors (Lipinski definition) is 1. The zero-order chi connectivity index (χ0) is 13.7. The predicted molar refractivity (Wildman–Crippen MR) is 78.8 cm³/mol. The van der Waals surface area contributed by atoms with Gasteiger partial charge in [-0.15, -0.1) is 0 Å². The molecule has 2 rings (SSSR count). The van der Waals surface area contributed by atoms with Gasteiger partial charge in [0.25, 0.3) is 0 Å². The molecule has 0 unspecified atom stereocenters. The highest BCUT2D eigenvalue weighted by Crippen LogP contribution is 2.43. The van der Waals surface area contributed by atoms with Gasteiger partial charge in [-0.3, -0.25) is 0 Å². The van der Waals surface area contributed by atoms with Crippen molar-refractivity contribution in [2.24, 2.45) is 5.41 Å². The van der Waals surface area contributed by atoms with E-state index in [9.17, 15) is 4.39 Å². The summed E-state index contributed by atoms with van der Waals surface area (Å²) in [5.74, 6) is -0.0995. The second-order valence-electron chi connectivity index (χ2n) is 5.44. The van der Waals surface area contributed by atoms with E-state index >= 15 is 0 Å². The van der Waals surface area contributed by atoms with Crippen LogP contribution in [0.2, 0.25) is 0 Å². The molecule has 1 saturated carbocycles. The molecular weight excluding hydrogens is 309 g/mol. The minimum atomic E-state index is -0.0995. The normalized spacial score (nSPS) is 17.2. The Hall–Kier alpha value is -0.450. The molecule has 2 nitrogen and oxygen atoms in total. The molecule has 106 valence electrons. The van der Waals surface area contributed by atoms with Crippen LogP contribution in [0, 0.1) is 11.2 Å². The van der Waals surface area contributed by atoms with E-state index in [1.54, 1.807) is 13.2 Å². The molecule has 19 heavy (non-hydrogen) atoms. The lowest BCUT2D eigenvalue weighted by molar-refractivity contribution is 0.122. The lowest BCUT2D eigenvalue weighted by atomic mass is 9.65. The van der Waals surface area contributed by atoms with Crippen molar-refractivity contribution in [1.82, 2.24) is 5.32 Å². The lowest BCUT2D eigenvalue weighted by Crippen LogP contribution is -2.42. The highest BCUT2D eigenvalue weighted by atomic mass is 79.9. The van der Waals surface area contributed by atoms with Crippen LogP contribution in [0.1, 0.15) is 24.8 Å². The largest absolute Gasteiger partial charge is 0.383 e. The molecule has 1 aromatic rings. The van der Waals surface area contributed by atoms with Gasteiger partial charge in [0, 0.05) is 24.7 Å². The molecule has 0 bridgehead atoms. The molecule has 0 aliphatic heterocycles. The number of rotatable bonds is 7. The third kappa shape index (κ3) is 4.01. The summed E-state index contributed by atoms with van der Waals surface area (Å²) in [5, 5.41) is 3.42. The van der Waals surface area contributed by atoms with E-state index in [0.717, 1.165) is 36.2 Å². The predicted octanol–water partition coefficient (Wildman–Crippen LogP) is 3.54. The molecule has 0 heterocycles. The van der Waals surface area contributed by atoms with Gasteiger partial charge in [-0.1, -0.05) is 28.4 Å². The first-order chi connectivity index (χ1) is 9.15. The van der Waals surface area contributed by atoms with Gasteiger partial charge in [-0.05, 0) is 42.4 Å². The first kappa shape index (κ1) is 14.9. The quantitative estimate of drug-likeness (QED) is 0.772. The number of nitrogens with one attached hydrogen (secondary N) is 1. The van der Waals surface area contributed by atoms with Crippen molar-refractivity contribution in [1.29, 1.82) is 0 Å². The summed E-state index contributed by atoms with van der Waals surface area (Å²) in [7, 11) is 1.71. The van der Waals surface area contributed by atoms with Crippen molar-refractivity contribution in [2.45, 2.75) is 25.7 Å². The second-order valence-corrected chi connectivity index (χ2v) is 6.35. The number of hydrogen-bond acceptors (Lipinski definition) is 2. The standard InChI is InChI=1S/C15H21BrFNO/c1-19-8-7-18-11-15(5-2-6-15)10-12-3-4-13(16)9-14(12)17/h3-4,9,18H,2,5-8,10-11H2,1H3. The number of methoxy groups -OCH3 is 1. The van der Waals surface area contributed by atoms with Gasteiger partial charge >= 0.3 is 0 Å². The third-order valence-electron chi connectivity index (χ3n) is 3.98. The van der Waals surface area contributed by atoms with Gasteiger partial charge in [0.2, 0.25) is 0 Å². The molecule has 1 fully saturated rings. The van der Waals surface area contributed by atoms with Crippen LogP contribution < -0.4 is 5.32 Å². The first-order valence-corrected chi connectivity index (χ1v) is 7.58. The van der Waals surface area contributed by atoms with Gasteiger partial charge in [-0.25, -0.2) is 4.39 Å². The van der Waals surface area contributed by atoms with Crippen LogP contribution >= 0.6 is 15.9 Å². The van der Waals surface area contributed by atoms with Gasteiger partial charge in [0.15, 0.2) is 0 Å². The monoisotopic (exact) mass is 329 g/mol. The summed E-state index contributed by atoms with van der Waals surface area (Å²) in [4.78, 5) is 0. The number of benzene rings is 1. The molecule has 0 aromatic heterocycles. The Morgan fingerprint density at radius 3 is 2.79 bits per heavy atom. The minimum absolute atomic E-state index is 0.0995. The Balaban J connectivity index is 1.94. The molecule has 1 aliphatic carbocycles. The zero-order valence-electron chi connectivity index (χ0n) is 11.3. The number of ether oxygens (including phenoxy) is 1. The summed E-state index contributed by atoms with van der Waals surface area (Å²) in [5.41, 5.74) is 1.07.